The van der Waals surface area contributed by atoms with Gasteiger partial charge in [0.15, 0.2) is 11.5 Å². The van der Waals surface area contributed by atoms with E-state index >= 15 is 0 Å². The van der Waals surface area contributed by atoms with Gasteiger partial charge in [-0.2, -0.15) is 10.1 Å². The van der Waals surface area contributed by atoms with Crippen LogP contribution < -0.4 is 15.0 Å². The molecule has 0 N–H and O–H groups in total. The van der Waals surface area contributed by atoms with Crippen LogP contribution in [0, 0.1) is 0 Å². The monoisotopic (exact) mass is 418 g/mol. The van der Waals surface area contributed by atoms with Gasteiger partial charge >= 0.3 is 0 Å². The van der Waals surface area contributed by atoms with Crippen molar-refractivity contribution in [1.82, 2.24) is 19.9 Å². The zero-order valence-corrected chi connectivity index (χ0v) is 17.5. The fourth-order valence-electron chi connectivity index (χ4n) is 3.17. The summed E-state index contributed by atoms with van der Waals surface area (Å²) in [7, 11) is 3.14. The van der Waals surface area contributed by atoms with Gasteiger partial charge in [0.05, 0.1) is 19.9 Å². The first-order valence-electron chi connectivity index (χ1n) is 9.83. The molecule has 0 amide bonds. The molecule has 0 saturated carbocycles. The second kappa shape index (κ2) is 8.83. The quantitative estimate of drug-likeness (QED) is 0.453. The summed E-state index contributed by atoms with van der Waals surface area (Å²) in [6.07, 6.45) is 0.961. The summed E-state index contributed by atoms with van der Waals surface area (Å²) in [5.41, 5.74) is 3.21. The van der Waals surface area contributed by atoms with Gasteiger partial charge in [-0.1, -0.05) is 36.3 Å². The van der Waals surface area contributed by atoms with E-state index in [0.29, 0.717) is 28.9 Å². The van der Waals surface area contributed by atoms with Crippen molar-refractivity contribution in [3.8, 4) is 34.1 Å². The lowest BCUT2D eigenvalue weighted by Crippen LogP contribution is -2.23. The molecular formula is C23H22N4O4. The third-order valence-corrected chi connectivity index (χ3v) is 4.92. The third-order valence-electron chi connectivity index (χ3n) is 4.92. The Kier molecular flexibility index (Phi) is 5.79. The van der Waals surface area contributed by atoms with Crippen LogP contribution in [0.25, 0.3) is 22.6 Å². The molecule has 0 radical (unpaired) electrons. The number of aromatic nitrogens is 4. The van der Waals surface area contributed by atoms with Gasteiger partial charge in [0.2, 0.25) is 11.7 Å². The number of hydrogen-bond acceptors (Lipinski definition) is 7. The van der Waals surface area contributed by atoms with Gasteiger partial charge in [0.1, 0.15) is 6.54 Å². The number of nitrogens with zero attached hydrogens (tertiary/aromatic N) is 4. The van der Waals surface area contributed by atoms with E-state index in [2.05, 4.69) is 22.2 Å². The van der Waals surface area contributed by atoms with Gasteiger partial charge < -0.3 is 14.0 Å². The van der Waals surface area contributed by atoms with Crippen molar-refractivity contribution < 1.29 is 14.0 Å². The third kappa shape index (κ3) is 4.32. The summed E-state index contributed by atoms with van der Waals surface area (Å²) in [5, 5.41) is 8.48. The number of hydrogen-bond donors (Lipinski definition) is 0. The Labute approximate surface area is 179 Å². The second-order valence-corrected chi connectivity index (χ2v) is 6.85. The number of benzene rings is 2. The molecule has 0 saturated heterocycles. The van der Waals surface area contributed by atoms with E-state index in [9.17, 15) is 4.79 Å². The topological polar surface area (TPSA) is 92.3 Å². The molecule has 158 valence electrons. The SMILES string of the molecule is CCc1ccc(-c2noc(Cn3nc(-c4ccc(OC)c(OC)c4)ccc3=O)n2)cc1. The Morgan fingerprint density at radius 3 is 2.39 bits per heavy atom. The van der Waals surface area contributed by atoms with Crippen LogP contribution in [-0.2, 0) is 13.0 Å². The molecule has 0 spiro atoms. The maximum atomic E-state index is 12.3. The molecular weight excluding hydrogens is 396 g/mol. The predicted octanol–water partition coefficient (Wildman–Crippen LogP) is 3.59. The molecule has 4 rings (SSSR count). The molecule has 0 atom stereocenters. The second-order valence-electron chi connectivity index (χ2n) is 6.85. The molecule has 4 aromatic rings. The molecule has 31 heavy (non-hydrogen) atoms. The molecule has 0 unspecified atom stereocenters. The van der Waals surface area contributed by atoms with E-state index in [4.69, 9.17) is 14.0 Å². The summed E-state index contributed by atoms with van der Waals surface area (Å²) in [6.45, 7) is 2.17. The van der Waals surface area contributed by atoms with Crippen LogP contribution in [0.15, 0.2) is 63.9 Å². The lowest BCUT2D eigenvalue weighted by Gasteiger charge is -2.10. The summed E-state index contributed by atoms with van der Waals surface area (Å²) in [4.78, 5) is 16.8. The zero-order chi connectivity index (χ0) is 21.8. The molecule has 2 heterocycles. The van der Waals surface area contributed by atoms with E-state index in [1.165, 1.54) is 16.3 Å². The standard InChI is InChI=1S/C23H22N4O4/c1-4-15-5-7-16(8-6-15)23-24-21(31-26-23)14-27-22(28)12-10-18(25-27)17-9-11-19(29-2)20(13-17)30-3/h5-13H,4,14H2,1-3H3. The number of methoxy groups -OCH3 is 2. The van der Waals surface area contributed by atoms with Crippen molar-refractivity contribution in [2.45, 2.75) is 19.9 Å². The Balaban J connectivity index is 1.60. The summed E-state index contributed by atoms with van der Waals surface area (Å²) < 4.78 is 17.3. The zero-order valence-electron chi connectivity index (χ0n) is 17.5. The van der Waals surface area contributed by atoms with Gasteiger partial charge in [-0.05, 0) is 36.2 Å². The molecule has 0 bridgehead atoms. The number of ether oxygens (including phenoxy) is 2. The Morgan fingerprint density at radius 2 is 1.68 bits per heavy atom. The Hall–Kier alpha value is -3.94. The molecule has 0 aliphatic heterocycles. The molecule has 0 aliphatic carbocycles. The van der Waals surface area contributed by atoms with Crippen LogP contribution in [-0.4, -0.2) is 34.1 Å². The van der Waals surface area contributed by atoms with Gasteiger partial charge in [0.25, 0.3) is 5.56 Å². The van der Waals surface area contributed by atoms with Crippen LogP contribution >= 0.6 is 0 Å². The average molecular weight is 418 g/mol. The van der Waals surface area contributed by atoms with Crippen LogP contribution in [0.2, 0.25) is 0 Å². The maximum Gasteiger partial charge on any atom is 0.267 e. The highest BCUT2D eigenvalue weighted by atomic mass is 16.5. The van der Waals surface area contributed by atoms with Gasteiger partial charge in [-0.3, -0.25) is 4.79 Å². The first kappa shape index (κ1) is 20.3. The van der Waals surface area contributed by atoms with Gasteiger partial charge in [-0.25, -0.2) is 4.68 Å². The minimum Gasteiger partial charge on any atom is -0.493 e. The number of aryl methyl sites for hydroxylation is 1. The highest BCUT2D eigenvalue weighted by molar-refractivity contribution is 5.63. The van der Waals surface area contributed by atoms with Crippen molar-refractivity contribution in [3.63, 3.8) is 0 Å². The normalized spacial score (nSPS) is 10.8. The first-order chi connectivity index (χ1) is 15.1. The van der Waals surface area contributed by atoms with E-state index < -0.39 is 0 Å². The van der Waals surface area contributed by atoms with Crippen molar-refractivity contribution in [3.05, 3.63) is 76.4 Å². The molecule has 8 nitrogen and oxygen atoms in total. The molecule has 0 fully saturated rings. The molecule has 8 heteroatoms. The lowest BCUT2D eigenvalue weighted by atomic mass is 10.1. The Bertz CT molecular complexity index is 1250. The van der Waals surface area contributed by atoms with Crippen molar-refractivity contribution >= 4 is 0 Å². The Morgan fingerprint density at radius 1 is 0.935 bits per heavy atom. The van der Waals surface area contributed by atoms with Gasteiger partial charge in [0, 0.05) is 17.2 Å². The molecule has 2 aromatic carbocycles. The average Bonchev–Trinajstić information content (AvgIpc) is 3.28. The minimum atomic E-state index is -0.267. The largest absolute Gasteiger partial charge is 0.493 e. The van der Waals surface area contributed by atoms with E-state index in [0.717, 1.165) is 17.5 Å². The highest BCUT2D eigenvalue weighted by Gasteiger charge is 2.13. The highest BCUT2D eigenvalue weighted by Crippen LogP contribution is 2.31. The van der Waals surface area contributed by atoms with E-state index in [1.807, 2.05) is 30.3 Å². The first-order valence-corrected chi connectivity index (χ1v) is 9.83. The van der Waals surface area contributed by atoms with Crippen LogP contribution in [0.4, 0.5) is 0 Å². The van der Waals surface area contributed by atoms with Crippen LogP contribution in [0.1, 0.15) is 18.4 Å². The minimum absolute atomic E-state index is 0.0695. The predicted molar refractivity (Wildman–Crippen MR) is 115 cm³/mol. The summed E-state index contributed by atoms with van der Waals surface area (Å²) in [6, 6.07) is 16.5. The smallest absolute Gasteiger partial charge is 0.267 e. The van der Waals surface area contributed by atoms with Gasteiger partial charge in [-0.15, -0.1) is 0 Å². The van der Waals surface area contributed by atoms with Crippen molar-refractivity contribution in [2.75, 3.05) is 14.2 Å². The molecule has 0 aliphatic rings. The van der Waals surface area contributed by atoms with Crippen molar-refractivity contribution in [1.29, 1.82) is 0 Å². The van der Waals surface area contributed by atoms with E-state index in [1.54, 1.807) is 32.4 Å². The summed E-state index contributed by atoms with van der Waals surface area (Å²) >= 11 is 0. The van der Waals surface area contributed by atoms with Crippen LogP contribution in [0.5, 0.6) is 11.5 Å². The molecule has 2 aromatic heterocycles. The summed E-state index contributed by atoms with van der Waals surface area (Å²) in [5.74, 6) is 1.97. The van der Waals surface area contributed by atoms with Crippen LogP contribution in [0.3, 0.4) is 0 Å². The fourth-order valence-corrected chi connectivity index (χ4v) is 3.17. The van der Waals surface area contributed by atoms with E-state index in [-0.39, 0.29) is 12.1 Å². The number of rotatable bonds is 7. The fraction of sp³-hybridized carbons (Fsp3) is 0.217. The van der Waals surface area contributed by atoms with Crippen molar-refractivity contribution in [2.24, 2.45) is 0 Å². The lowest BCUT2D eigenvalue weighted by molar-refractivity contribution is 0.355. The maximum absolute atomic E-state index is 12.3.